The van der Waals surface area contributed by atoms with Crippen LogP contribution in [0.25, 0.3) is 0 Å². The normalized spacial score (nSPS) is 25.9. The minimum atomic E-state index is -0.624. The van der Waals surface area contributed by atoms with Crippen molar-refractivity contribution in [1.29, 1.82) is 5.26 Å². The van der Waals surface area contributed by atoms with Crippen LogP contribution in [0.1, 0.15) is 71.5 Å². The molecule has 2 aromatic carbocycles. The first-order chi connectivity index (χ1) is 18.4. The van der Waals surface area contributed by atoms with Crippen LogP contribution in [0.15, 0.2) is 36.4 Å². The molecule has 6 rings (SSSR count). The van der Waals surface area contributed by atoms with Crippen molar-refractivity contribution >= 4 is 29.3 Å². The van der Waals surface area contributed by atoms with Crippen LogP contribution in [0.4, 0.5) is 0 Å². The van der Waals surface area contributed by atoms with Crippen molar-refractivity contribution < 1.29 is 19.1 Å². The zero-order chi connectivity index (χ0) is 26.4. The molecule has 4 aliphatic rings. The Kier molecular flexibility index (Phi) is 6.58. The summed E-state index contributed by atoms with van der Waals surface area (Å²) < 4.78 is 6.54. The molecule has 1 aliphatic carbocycles. The quantitative estimate of drug-likeness (QED) is 0.588. The lowest BCUT2D eigenvalue weighted by molar-refractivity contribution is -0.136. The number of piperidine rings is 1. The van der Waals surface area contributed by atoms with Gasteiger partial charge in [-0.1, -0.05) is 24.1 Å². The van der Waals surface area contributed by atoms with Crippen LogP contribution < -0.4 is 10.1 Å². The zero-order valence-corrected chi connectivity index (χ0v) is 21.7. The van der Waals surface area contributed by atoms with E-state index in [1.165, 1.54) is 0 Å². The summed E-state index contributed by atoms with van der Waals surface area (Å²) in [5.41, 5.74) is 3.15. The van der Waals surface area contributed by atoms with Gasteiger partial charge in [-0.15, -0.1) is 0 Å². The minimum absolute atomic E-state index is 0.0479. The fourth-order valence-electron chi connectivity index (χ4n) is 6.39. The lowest BCUT2D eigenvalue weighted by Gasteiger charge is -2.48. The molecule has 3 heterocycles. The topological polar surface area (TPSA) is 103 Å². The van der Waals surface area contributed by atoms with Gasteiger partial charge in [-0.25, -0.2) is 0 Å². The standard InChI is InChI=1S/C29H29ClN4O4/c30-20-5-7-22(17(11-20)13-31)19-14-33(15-19)24-3-1-2-4-26(24)38-21-6-8-23-18(12-21)16-34(29(23)37)25-9-10-27(35)32-28(25)36/h5-8,11-12,19,24-26H,1-4,9-10,14-16H2,(H,32,35,36)/t24-,25?,26-/m0/s1. The van der Waals surface area contributed by atoms with Crippen molar-refractivity contribution in [3.8, 4) is 11.8 Å². The summed E-state index contributed by atoms with van der Waals surface area (Å²) >= 11 is 6.08. The molecule has 8 nitrogen and oxygen atoms in total. The Morgan fingerprint density at radius 1 is 1.03 bits per heavy atom. The molecule has 0 aromatic heterocycles. The molecule has 2 saturated heterocycles. The number of ether oxygens (including phenoxy) is 1. The van der Waals surface area contributed by atoms with Gasteiger partial charge in [0.1, 0.15) is 17.9 Å². The first kappa shape index (κ1) is 24.9. The van der Waals surface area contributed by atoms with Gasteiger partial charge in [-0.3, -0.25) is 24.6 Å². The highest BCUT2D eigenvalue weighted by Gasteiger charge is 2.41. The number of nitrogens with zero attached hydrogens (tertiary/aromatic N) is 3. The third-order valence-corrected chi connectivity index (χ3v) is 8.64. The maximum absolute atomic E-state index is 13.0. The van der Waals surface area contributed by atoms with Gasteiger partial charge in [-0.2, -0.15) is 5.26 Å². The molecule has 9 heteroatoms. The number of carbonyl (C=O) groups is 3. The van der Waals surface area contributed by atoms with Gasteiger partial charge < -0.3 is 9.64 Å². The van der Waals surface area contributed by atoms with Crippen molar-refractivity contribution in [2.75, 3.05) is 13.1 Å². The van der Waals surface area contributed by atoms with Gasteiger partial charge >= 0.3 is 0 Å². The Bertz CT molecular complexity index is 1350. The summed E-state index contributed by atoms with van der Waals surface area (Å²) in [6, 6.07) is 13.1. The largest absolute Gasteiger partial charge is 0.489 e. The number of hydrogen-bond acceptors (Lipinski definition) is 6. The molecule has 3 fully saturated rings. The predicted octanol–water partition coefficient (Wildman–Crippen LogP) is 3.76. The van der Waals surface area contributed by atoms with Gasteiger partial charge in [-0.05, 0) is 67.1 Å². The van der Waals surface area contributed by atoms with E-state index in [0.29, 0.717) is 41.1 Å². The van der Waals surface area contributed by atoms with Crippen LogP contribution in [0, 0.1) is 11.3 Å². The number of amides is 3. The van der Waals surface area contributed by atoms with E-state index in [-0.39, 0.29) is 24.3 Å². The van der Waals surface area contributed by atoms with Crippen molar-refractivity contribution in [3.05, 3.63) is 63.7 Å². The predicted molar refractivity (Wildman–Crippen MR) is 140 cm³/mol. The second-order valence-corrected chi connectivity index (χ2v) is 11.2. The second kappa shape index (κ2) is 10.0. The summed E-state index contributed by atoms with van der Waals surface area (Å²) in [4.78, 5) is 40.9. The molecule has 1 unspecified atom stereocenters. The summed E-state index contributed by atoms with van der Waals surface area (Å²) in [7, 11) is 0. The summed E-state index contributed by atoms with van der Waals surface area (Å²) in [5.74, 6) is 0.175. The third kappa shape index (κ3) is 4.55. The SMILES string of the molecule is N#Cc1cc(Cl)ccc1C1CN([C@H]2CCCC[C@@H]2Oc2ccc3c(c2)CN(C2CCC(=O)NC2=O)C3=O)C1. The van der Waals surface area contributed by atoms with Crippen LogP contribution in [-0.4, -0.2) is 58.8 Å². The van der Waals surface area contributed by atoms with E-state index < -0.39 is 11.9 Å². The van der Waals surface area contributed by atoms with Crippen molar-refractivity contribution in [2.24, 2.45) is 0 Å². The molecule has 3 atom stereocenters. The summed E-state index contributed by atoms with van der Waals surface area (Å²) in [6.07, 6.45) is 4.94. The van der Waals surface area contributed by atoms with Gasteiger partial charge in [0.2, 0.25) is 11.8 Å². The number of fused-ring (bicyclic) bond motifs is 1. The molecular weight excluding hydrogens is 504 g/mol. The number of hydrogen-bond donors (Lipinski definition) is 1. The molecule has 0 bridgehead atoms. The van der Waals surface area contributed by atoms with Crippen LogP contribution in [0.5, 0.6) is 5.75 Å². The molecule has 1 saturated carbocycles. The van der Waals surface area contributed by atoms with E-state index in [9.17, 15) is 19.6 Å². The monoisotopic (exact) mass is 532 g/mol. The van der Waals surface area contributed by atoms with E-state index in [2.05, 4.69) is 16.3 Å². The number of imide groups is 1. The number of likely N-dealkylation sites (tertiary alicyclic amines) is 1. The number of benzene rings is 2. The van der Waals surface area contributed by atoms with Gasteiger partial charge in [0.05, 0.1) is 11.6 Å². The Hall–Kier alpha value is -3.41. The molecule has 1 N–H and O–H groups in total. The third-order valence-electron chi connectivity index (χ3n) is 8.40. The van der Waals surface area contributed by atoms with Crippen molar-refractivity contribution in [3.63, 3.8) is 0 Å². The van der Waals surface area contributed by atoms with Crippen molar-refractivity contribution in [1.82, 2.24) is 15.1 Å². The van der Waals surface area contributed by atoms with Gasteiger partial charge in [0.25, 0.3) is 5.91 Å². The average Bonchev–Trinajstić information content (AvgIpc) is 3.20. The molecule has 0 spiro atoms. The van der Waals surface area contributed by atoms with E-state index in [1.54, 1.807) is 17.0 Å². The summed E-state index contributed by atoms with van der Waals surface area (Å²) in [6.45, 7) is 2.11. The summed E-state index contributed by atoms with van der Waals surface area (Å²) in [5, 5.41) is 12.5. The number of halogens is 1. The Labute approximate surface area is 226 Å². The first-order valence-electron chi connectivity index (χ1n) is 13.3. The van der Waals surface area contributed by atoms with Crippen LogP contribution in [-0.2, 0) is 16.1 Å². The van der Waals surface area contributed by atoms with Gasteiger partial charge in [0, 0.05) is 48.6 Å². The smallest absolute Gasteiger partial charge is 0.255 e. The molecular formula is C29H29ClN4O4. The number of nitrogens with one attached hydrogen (secondary N) is 1. The highest BCUT2D eigenvalue weighted by Crippen LogP contribution is 2.38. The van der Waals surface area contributed by atoms with Crippen LogP contribution in [0.3, 0.4) is 0 Å². The molecule has 196 valence electrons. The van der Waals surface area contributed by atoms with Crippen LogP contribution in [0.2, 0.25) is 5.02 Å². The second-order valence-electron chi connectivity index (χ2n) is 10.7. The highest BCUT2D eigenvalue weighted by molar-refractivity contribution is 6.30. The fourth-order valence-corrected chi connectivity index (χ4v) is 6.56. The maximum Gasteiger partial charge on any atom is 0.255 e. The zero-order valence-electron chi connectivity index (χ0n) is 21.0. The number of carbonyl (C=O) groups excluding carboxylic acids is 3. The molecule has 0 radical (unpaired) electrons. The minimum Gasteiger partial charge on any atom is -0.489 e. The molecule has 38 heavy (non-hydrogen) atoms. The Morgan fingerprint density at radius 3 is 2.63 bits per heavy atom. The fraction of sp³-hybridized carbons (Fsp3) is 0.448. The van der Waals surface area contributed by atoms with Gasteiger partial charge in [0.15, 0.2) is 0 Å². The average molecular weight is 533 g/mol. The van der Waals surface area contributed by atoms with E-state index in [1.807, 2.05) is 24.3 Å². The first-order valence-corrected chi connectivity index (χ1v) is 13.7. The highest BCUT2D eigenvalue weighted by atomic mass is 35.5. The number of nitriles is 1. The number of rotatable bonds is 5. The Morgan fingerprint density at radius 2 is 1.84 bits per heavy atom. The lowest BCUT2D eigenvalue weighted by Crippen LogP contribution is -2.57. The van der Waals surface area contributed by atoms with E-state index >= 15 is 0 Å². The molecule has 3 amide bonds. The molecule has 2 aromatic rings. The molecule has 3 aliphatic heterocycles. The maximum atomic E-state index is 13.0. The van der Waals surface area contributed by atoms with E-state index in [0.717, 1.165) is 55.6 Å². The van der Waals surface area contributed by atoms with Crippen molar-refractivity contribution in [2.45, 2.75) is 69.2 Å². The van der Waals surface area contributed by atoms with E-state index in [4.69, 9.17) is 16.3 Å². The Balaban J connectivity index is 1.12. The van der Waals surface area contributed by atoms with Crippen LogP contribution >= 0.6 is 11.6 Å². The lowest BCUT2D eigenvalue weighted by atomic mass is 9.83.